The van der Waals surface area contributed by atoms with Crippen LogP contribution in [0, 0.1) is 46.3 Å². The molecule has 10 atom stereocenters. The smallest absolute Gasteiger partial charge is 0.302 e. The van der Waals surface area contributed by atoms with Gasteiger partial charge in [0.05, 0.1) is 0 Å². The monoisotopic (exact) mass is 444 g/mol. The summed E-state index contributed by atoms with van der Waals surface area (Å²) in [5.74, 6) is 1.27. The molecule has 32 heavy (non-hydrogen) atoms. The first-order chi connectivity index (χ1) is 15.0. The molecule has 0 unspecified atom stereocenters. The minimum absolute atomic E-state index is 0.109. The summed E-state index contributed by atoms with van der Waals surface area (Å²) in [7, 11) is 0. The molecule has 0 aromatic rings. The molecule has 4 aliphatic rings. The van der Waals surface area contributed by atoms with Crippen LogP contribution >= 0.6 is 0 Å². The molecule has 4 aliphatic carbocycles. The zero-order chi connectivity index (χ0) is 23.4. The molecule has 5 nitrogen and oxygen atoms in total. The van der Waals surface area contributed by atoms with E-state index in [0.29, 0.717) is 17.8 Å². The maximum atomic E-state index is 12.2. The average Bonchev–Trinajstić information content (AvgIpc) is 3.06. The Balaban J connectivity index is 1.79. The van der Waals surface area contributed by atoms with Crippen LogP contribution in [-0.4, -0.2) is 30.4 Å². The number of carbonyl (C=O) groups is 3. The molecule has 0 heterocycles. The summed E-state index contributed by atoms with van der Waals surface area (Å²) in [4.78, 5) is 36.1. The number of ether oxygens (including phenoxy) is 2. The van der Waals surface area contributed by atoms with Crippen LogP contribution in [0.5, 0.6) is 0 Å². The third-order valence-electron chi connectivity index (χ3n) is 9.96. The molecule has 0 bridgehead atoms. The van der Waals surface area contributed by atoms with Crippen molar-refractivity contribution in [2.75, 3.05) is 0 Å². The van der Waals surface area contributed by atoms with Gasteiger partial charge in [-0.05, 0) is 61.2 Å². The van der Waals surface area contributed by atoms with Gasteiger partial charge in [-0.2, -0.15) is 0 Å². The van der Waals surface area contributed by atoms with Gasteiger partial charge >= 0.3 is 11.9 Å². The van der Waals surface area contributed by atoms with Gasteiger partial charge in [-0.15, -0.1) is 0 Å². The van der Waals surface area contributed by atoms with Crippen molar-refractivity contribution in [1.82, 2.24) is 0 Å². The lowest BCUT2D eigenvalue weighted by Crippen LogP contribution is -2.62. The number of hydrogen-bond donors (Lipinski definition) is 0. The van der Waals surface area contributed by atoms with E-state index in [1.54, 1.807) is 0 Å². The Labute approximate surface area is 192 Å². The van der Waals surface area contributed by atoms with Crippen LogP contribution in [0.1, 0.15) is 80.1 Å². The van der Waals surface area contributed by atoms with Crippen molar-refractivity contribution in [3.63, 3.8) is 0 Å². The van der Waals surface area contributed by atoms with Crippen LogP contribution in [0.2, 0.25) is 0 Å². The summed E-state index contributed by atoms with van der Waals surface area (Å²) in [6.45, 7) is 11.9. The molecular formula is C27H40O5. The second-order valence-electron chi connectivity index (χ2n) is 11.7. The molecule has 5 heteroatoms. The van der Waals surface area contributed by atoms with Crippen LogP contribution in [0.3, 0.4) is 0 Å². The molecular weight excluding hydrogens is 404 g/mol. The van der Waals surface area contributed by atoms with Crippen LogP contribution in [0.15, 0.2) is 11.6 Å². The van der Waals surface area contributed by atoms with Crippen molar-refractivity contribution in [3.05, 3.63) is 11.6 Å². The van der Waals surface area contributed by atoms with E-state index in [9.17, 15) is 14.4 Å². The van der Waals surface area contributed by atoms with Crippen LogP contribution in [-0.2, 0) is 23.9 Å². The average molecular weight is 445 g/mol. The number of rotatable bonds is 4. The molecule has 0 radical (unpaired) electrons. The minimum Gasteiger partial charge on any atom is -0.462 e. The molecule has 0 aromatic heterocycles. The van der Waals surface area contributed by atoms with Crippen LogP contribution in [0.4, 0.5) is 0 Å². The van der Waals surface area contributed by atoms with Gasteiger partial charge in [0, 0.05) is 31.1 Å². The van der Waals surface area contributed by atoms with Crippen molar-refractivity contribution in [2.24, 2.45) is 46.3 Å². The SMILES string of the molecule is CC(=O)O[C@@H]1C[C@@H]2C[C@H](C)CC[C@]2(C)[C@H]2C[C@@H](OC(C)=O)[C@]3(C)C([C@H](C)C=O)=CC[C@H]3[C@H]12. The Morgan fingerprint density at radius 1 is 1.09 bits per heavy atom. The molecule has 0 spiro atoms. The van der Waals surface area contributed by atoms with Crippen LogP contribution in [0.25, 0.3) is 0 Å². The van der Waals surface area contributed by atoms with Gasteiger partial charge in [0.2, 0.25) is 0 Å². The maximum absolute atomic E-state index is 12.2. The van der Waals surface area contributed by atoms with E-state index in [1.807, 2.05) is 6.92 Å². The fourth-order valence-electron chi connectivity index (χ4n) is 8.44. The predicted molar refractivity (Wildman–Crippen MR) is 121 cm³/mol. The van der Waals surface area contributed by atoms with Crippen molar-refractivity contribution >= 4 is 18.2 Å². The van der Waals surface area contributed by atoms with E-state index < -0.39 is 5.41 Å². The molecule has 3 fully saturated rings. The molecule has 0 aliphatic heterocycles. The first-order valence-electron chi connectivity index (χ1n) is 12.5. The second kappa shape index (κ2) is 8.29. The zero-order valence-corrected chi connectivity index (χ0v) is 20.6. The van der Waals surface area contributed by atoms with Gasteiger partial charge in [0.15, 0.2) is 0 Å². The van der Waals surface area contributed by atoms with E-state index >= 15 is 0 Å². The van der Waals surface area contributed by atoms with Crippen molar-refractivity contribution < 1.29 is 23.9 Å². The first-order valence-corrected chi connectivity index (χ1v) is 12.5. The van der Waals surface area contributed by atoms with Gasteiger partial charge in [-0.1, -0.05) is 45.8 Å². The predicted octanol–water partition coefficient (Wildman–Crippen LogP) is 5.12. The maximum Gasteiger partial charge on any atom is 0.302 e. The Hall–Kier alpha value is -1.65. The summed E-state index contributed by atoms with van der Waals surface area (Å²) in [6.07, 6.45) is 8.96. The Morgan fingerprint density at radius 2 is 1.78 bits per heavy atom. The molecule has 0 amide bonds. The van der Waals surface area contributed by atoms with E-state index in [0.717, 1.165) is 31.1 Å². The number of fused-ring (bicyclic) bond motifs is 5. The Morgan fingerprint density at radius 3 is 2.41 bits per heavy atom. The second-order valence-corrected chi connectivity index (χ2v) is 11.7. The van der Waals surface area contributed by atoms with Gasteiger partial charge < -0.3 is 14.3 Å². The van der Waals surface area contributed by atoms with E-state index in [-0.39, 0.29) is 47.3 Å². The summed E-state index contributed by atoms with van der Waals surface area (Å²) < 4.78 is 12.1. The van der Waals surface area contributed by atoms with Crippen molar-refractivity contribution in [1.29, 1.82) is 0 Å². The van der Waals surface area contributed by atoms with E-state index in [2.05, 4.69) is 26.8 Å². The molecule has 0 N–H and O–H groups in total. The largest absolute Gasteiger partial charge is 0.462 e. The Kier molecular flexibility index (Phi) is 6.09. The quantitative estimate of drug-likeness (QED) is 0.342. The van der Waals surface area contributed by atoms with E-state index in [1.165, 1.54) is 33.1 Å². The fourth-order valence-corrected chi connectivity index (χ4v) is 8.44. The lowest BCUT2D eigenvalue weighted by atomic mass is 9.42. The molecule has 178 valence electrons. The third kappa shape index (κ3) is 3.54. The zero-order valence-electron chi connectivity index (χ0n) is 20.6. The number of esters is 2. The van der Waals surface area contributed by atoms with Gasteiger partial charge in [-0.25, -0.2) is 0 Å². The standard InChI is InChI=1S/C27H40O5/c1-15-9-10-26(5)19(11-15)12-23(31-17(3)29)25-21-8-7-20(16(2)14-28)27(21,6)24(13-22(25)26)32-18(4)30/h7,14-16,19,21-25H,8-13H2,1-6H3/t15-,16-,19+,21+,22+,23-,24-,25+,26+,27-/m1/s1. The fraction of sp³-hybridized carbons (Fsp3) is 0.815. The summed E-state index contributed by atoms with van der Waals surface area (Å²) in [6, 6.07) is 0. The van der Waals surface area contributed by atoms with Crippen LogP contribution < -0.4 is 0 Å². The number of aldehydes is 1. The molecule has 0 aromatic carbocycles. The van der Waals surface area contributed by atoms with Gasteiger partial charge in [0.25, 0.3) is 0 Å². The van der Waals surface area contributed by atoms with Gasteiger partial charge in [-0.3, -0.25) is 9.59 Å². The topological polar surface area (TPSA) is 69.7 Å². The highest BCUT2D eigenvalue weighted by Gasteiger charge is 2.65. The summed E-state index contributed by atoms with van der Waals surface area (Å²) in [5.41, 5.74) is 0.844. The number of hydrogen-bond acceptors (Lipinski definition) is 5. The van der Waals surface area contributed by atoms with E-state index in [4.69, 9.17) is 9.47 Å². The highest BCUT2D eigenvalue weighted by molar-refractivity contribution is 5.67. The number of allylic oxidation sites excluding steroid dienone is 1. The normalized spacial score (nSPS) is 46.1. The number of carbonyl (C=O) groups excluding carboxylic acids is 3. The lowest BCUT2D eigenvalue weighted by Gasteiger charge is -2.64. The Bertz CT molecular complexity index is 817. The third-order valence-corrected chi connectivity index (χ3v) is 9.96. The highest BCUT2D eigenvalue weighted by Crippen LogP contribution is 2.68. The first kappa shape index (κ1) is 23.5. The van der Waals surface area contributed by atoms with Gasteiger partial charge in [0.1, 0.15) is 18.5 Å². The summed E-state index contributed by atoms with van der Waals surface area (Å²) in [5, 5.41) is 0. The lowest BCUT2D eigenvalue weighted by molar-refractivity contribution is -0.211. The van der Waals surface area contributed by atoms with Crippen molar-refractivity contribution in [3.8, 4) is 0 Å². The minimum atomic E-state index is -0.406. The highest BCUT2D eigenvalue weighted by atomic mass is 16.5. The summed E-state index contributed by atoms with van der Waals surface area (Å²) >= 11 is 0. The molecule has 4 rings (SSSR count). The van der Waals surface area contributed by atoms with Crippen molar-refractivity contribution in [2.45, 2.75) is 92.3 Å². The molecule has 3 saturated carbocycles. The molecule has 0 saturated heterocycles.